The number of benzene rings is 1. The van der Waals surface area contributed by atoms with Crippen LogP contribution >= 0.6 is 23.2 Å². The Morgan fingerprint density at radius 1 is 1.26 bits per heavy atom. The number of nitrogens with one attached hydrogen (secondary N) is 2. The molecule has 0 bridgehead atoms. The van der Waals surface area contributed by atoms with E-state index in [-0.39, 0.29) is 17.2 Å². The van der Waals surface area contributed by atoms with E-state index in [1.54, 1.807) is 0 Å². The summed E-state index contributed by atoms with van der Waals surface area (Å²) < 4.78 is 4.78. The van der Waals surface area contributed by atoms with Crippen molar-refractivity contribution < 1.29 is 24.2 Å². The van der Waals surface area contributed by atoms with Gasteiger partial charge in [-0.05, 0) is 25.1 Å². The first kappa shape index (κ1) is 19.2. The van der Waals surface area contributed by atoms with Crippen LogP contribution in [0.2, 0.25) is 10.0 Å². The predicted molar refractivity (Wildman–Crippen MR) is 84.9 cm³/mol. The zero-order chi connectivity index (χ0) is 17.6. The van der Waals surface area contributed by atoms with Crippen LogP contribution in [-0.2, 0) is 14.3 Å². The van der Waals surface area contributed by atoms with Crippen molar-refractivity contribution in [1.82, 2.24) is 10.6 Å². The molecule has 0 aliphatic heterocycles. The third-order valence-electron chi connectivity index (χ3n) is 2.91. The highest BCUT2D eigenvalue weighted by molar-refractivity contribution is 6.42. The lowest BCUT2D eigenvalue weighted by molar-refractivity contribution is -0.149. The molecule has 23 heavy (non-hydrogen) atoms. The molecule has 3 N–H and O–H groups in total. The lowest BCUT2D eigenvalue weighted by atomic mass is 10.0. The fourth-order valence-corrected chi connectivity index (χ4v) is 1.99. The van der Waals surface area contributed by atoms with Gasteiger partial charge in [0.2, 0.25) is 5.91 Å². The molecular weight excluding hydrogens is 347 g/mol. The topological polar surface area (TPSA) is 105 Å². The fourth-order valence-electron chi connectivity index (χ4n) is 1.69. The Morgan fingerprint density at radius 3 is 2.43 bits per heavy atom. The quantitative estimate of drug-likeness (QED) is 0.678. The van der Waals surface area contributed by atoms with Gasteiger partial charge in [0.15, 0.2) is 5.54 Å². The molecule has 9 heteroatoms. The van der Waals surface area contributed by atoms with Crippen molar-refractivity contribution in [3.05, 3.63) is 33.8 Å². The summed E-state index contributed by atoms with van der Waals surface area (Å²) in [7, 11) is 1.32. The van der Waals surface area contributed by atoms with Gasteiger partial charge < -0.3 is 20.5 Å². The van der Waals surface area contributed by atoms with Gasteiger partial charge in [0.1, 0.15) is 0 Å². The summed E-state index contributed by atoms with van der Waals surface area (Å²) in [6, 6.07) is 4.27. The lowest BCUT2D eigenvalue weighted by Crippen LogP contribution is -2.57. The average molecular weight is 363 g/mol. The van der Waals surface area contributed by atoms with Gasteiger partial charge in [-0.2, -0.15) is 0 Å². The van der Waals surface area contributed by atoms with E-state index in [1.807, 2.05) is 0 Å². The van der Waals surface area contributed by atoms with E-state index in [9.17, 15) is 14.4 Å². The Bertz CT molecular complexity index is 623. The van der Waals surface area contributed by atoms with Crippen LogP contribution in [0.15, 0.2) is 18.2 Å². The minimum absolute atomic E-state index is 0.210. The van der Waals surface area contributed by atoms with Crippen LogP contribution in [0.1, 0.15) is 17.3 Å². The van der Waals surface area contributed by atoms with Crippen LogP contribution < -0.4 is 10.6 Å². The van der Waals surface area contributed by atoms with Gasteiger partial charge >= 0.3 is 5.97 Å². The first-order valence-corrected chi connectivity index (χ1v) is 7.22. The smallest absolute Gasteiger partial charge is 0.331 e. The first-order valence-electron chi connectivity index (χ1n) is 6.46. The number of amides is 2. The van der Waals surface area contributed by atoms with Crippen LogP contribution in [0.5, 0.6) is 0 Å². The molecule has 1 atom stereocenters. The fraction of sp³-hybridized carbons (Fsp3) is 0.357. The van der Waals surface area contributed by atoms with E-state index >= 15 is 0 Å². The number of carbonyl (C=O) groups excluding carboxylic acids is 2. The molecule has 0 saturated carbocycles. The third-order valence-corrected chi connectivity index (χ3v) is 3.65. The highest BCUT2D eigenvalue weighted by Crippen LogP contribution is 2.22. The van der Waals surface area contributed by atoms with Crippen LogP contribution in [0.4, 0.5) is 0 Å². The molecule has 1 aromatic rings. The maximum Gasteiger partial charge on any atom is 0.331 e. The van der Waals surface area contributed by atoms with Gasteiger partial charge in [-0.15, -0.1) is 0 Å². The Labute approximate surface area is 142 Å². The molecule has 0 fully saturated rings. The molecule has 0 saturated heterocycles. The molecule has 1 aromatic carbocycles. The number of hydrogen-bond acceptors (Lipinski definition) is 4. The number of methoxy groups -OCH3 is 1. The van der Waals surface area contributed by atoms with Gasteiger partial charge in [-0.1, -0.05) is 23.2 Å². The summed E-state index contributed by atoms with van der Waals surface area (Å²) in [6.45, 7) is 0.692. The Hall–Kier alpha value is -1.83. The average Bonchev–Trinajstić information content (AvgIpc) is 2.47. The molecule has 7 nitrogen and oxygen atoms in total. The normalized spacial score (nSPS) is 13.0. The standard InChI is InChI=1S/C14H16Cl2N2O5/c1-14(7-23-2,13(21)22)18-11(19)6-17-12(20)8-3-4-9(15)10(16)5-8/h3-5H,6-7H2,1-2H3,(H,17,20)(H,18,19)(H,21,22). The number of hydrogen-bond donors (Lipinski definition) is 3. The zero-order valence-corrected chi connectivity index (χ0v) is 14.0. The van der Waals surface area contributed by atoms with Gasteiger partial charge in [-0.25, -0.2) is 4.79 Å². The van der Waals surface area contributed by atoms with Crippen molar-refractivity contribution >= 4 is 41.0 Å². The van der Waals surface area contributed by atoms with Crippen molar-refractivity contribution in [2.45, 2.75) is 12.5 Å². The Balaban J connectivity index is 2.63. The molecule has 0 radical (unpaired) electrons. The molecule has 126 valence electrons. The zero-order valence-electron chi connectivity index (χ0n) is 12.5. The van der Waals surface area contributed by atoms with E-state index in [1.165, 1.54) is 32.2 Å². The van der Waals surface area contributed by atoms with E-state index in [4.69, 9.17) is 33.0 Å². The molecule has 0 aromatic heterocycles. The second kappa shape index (κ2) is 8.14. The summed E-state index contributed by atoms with van der Waals surface area (Å²) in [5.74, 6) is -2.45. The summed E-state index contributed by atoms with van der Waals surface area (Å²) in [5, 5.41) is 14.3. The summed E-state index contributed by atoms with van der Waals surface area (Å²) in [5.41, 5.74) is -1.36. The molecule has 2 amide bonds. The lowest BCUT2D eigenvalue weighted by Gasteiger charge is -2.25. The minimum Gasteiger partial charge on any atom is -0.479 e. The highest BCUT2D eigenvalue weighted by atomic mass is 35.5. The number of aliphatic carboxylic acids is 1. The van der Waals surface area contributed by atoms with Crippen LogP contribution in [0.3, 0.4) is 0 Å². The van der Waals surface area contributed by atoms with E-state index in [0.29, 0.717) is 5.02 Å². The molecule has 0 heterocycles. The molecular formula is C14H16Cl2N2O5. The number of halogens is 2. The second-order valence-electron chi connectivity index (χ2n) is 4.93. The summed E-state index contributed by atoms with van der Waals surface area (Å²) in [4.78, 5) is 34.9. The minimum atomic E-state index is -1.58. The maximum absolute atomic E-state index is 11.9. The Morgan fingerprint density at radius 2 is 1.91 bits per heavy atom. The highest BCUT2D eigenvalue weighted by Gasteiger charge is 2.34. The van der Waals surface area contributed by atoms with Crippen LogP contribution in [0, 0.1) is 0 Å². The van der Waals surface area contributed by atoms with Crippen molar-refractivity contribution in [1.29, 1.82) is 0 Å². The number of rotatable bonds is 7. The Kier molecular flexibility index (Phi) is 6.80. The SMILES string of the molecule is COCC(C)(NC(=O)CNC(=O)c1ccc(Cl)c(Cl)c1)C(=O)O. The molecule has 0 aliphatic carbocycles. The first-order chi connectivity index (χ1) is 10.7. The van der Waals surface area contributed by atoms with E-state index in [2.05, 4.69) is 10.6 Å². The molecule has 0 aliphatic rings. The van der Waals surface area contributed by atoms with Crippen molar-refractivity contribution in [2.75, 3.05) is 20.3 Å². The summed E-state index contributed by atoms with van der Waals surface area (Å²) >= 11 is 11.6. The van der Waals surface area contributed by atoms with Crippen molar-refractivity contribution in [2.24, 2.45) is 0 Å². The third kappa shape index (κ3) is 5.38. The van der Waals surface area contributed by atoms with Gasteiger partial charge in [0.05, 0.1) is 23.2 Å². The van der Waals surface area contributed by atoms with Gasteiger partial charge in [0, 0.05) is 12.7 Å². The van der Waals surface area contributed by atoms with E-state index in [0.717, 1.165) is 0 Å². The predicted octanol–water partition coefficient (Wildman–Crippen LogP) is 1.33. The number of carboxylic acid groups (broad SMARTS) is 1. The monoisotopic (exact) mass is 362 g/mol. The van der Waals surface area contributed by atoms with Crippen molar-refractivity contribution in [3.8, 4) is 0 Å². The number of carboxylic acids is 1. The van der Waals surface area contributed by atoms with Crippen LogP contribution in [-0.4, -0.2) is 48.7 Å². The van der Waals surface area contributed by atoms with Crippen molar-refractivity contribution in [3.63, 3.8) is 0 Å². The molecule has 1 rings (SSSR count). The number of ether oxygens (including phenoxy) is 1. The molecule has 1 unspecified atom stereocenters. The van der Waals surface area contributed by atoms with Gasteiger partial charge in [0.25, 0.3) is 5.91 Å². The van der Waals surface area contributed by atoms with Gasteiger partial charge in [-0.3, -0.25) is 9.59 Å². The summed E-state index contributed by atoms with van der Waals surface area (Å²) in [6.07, 6.45) is 0. The molecule has 0 spiro atoms. The number of carbonyl (C=O) groups is 3. The largest absolute Gasteiger partial charge is 0.479 e. The maximum atomic E-state index is 11.9. The second-order valence-corrected chi connectivity index (χ2v) is 5.74. The van der Waals surface area contributed by atoms with E-state index < -0.39 is 29.9 Å². The van der Waals surface area contributed by atoms with Crippen LogP contribution in [0.25, 0.3) is 0 Å².